The number of nitrogens with zero attached hydrogens (tertiary/aromatic N) is 4. The second-order valence-electron chi connectivity index (χ2n) is 5.68. The molecule has 8 heteroatoms. The summed E-state index contributed by atoms with van der Waals surface area (Å²) in [5, 5.41) is 10.7. The van der Waals surface area contributed by atoms with Crippen molar-refractivity contribution in [1.82, 2.24) is 20.0 Å². The Morgan fingerprint density at radius 3 is 2.77 bits per heavy atom. The van der Waals surface area contributed by atoms with Crippen molar-refractivity contribution in [3.8, 4) is 27.6 Å². The SMILES string of the molecule is Cc1ccccc1-c1csc(-c2nnn(-c3ccc(Br)cc3F)c2N)n1. The number of nitrogen functional groups attached to an aromatic ring is 1. The number of hydrogen-bond donors (Lipinski definition) is 1. The fraction of sp³-hybridized carbons (Fsp3) is 0.0556. The van der Waals surface area contributed by atoms with Gasteiger partial charge in [0.1, 0.15) is 16.5 Å². The predicted octanol–water partition coefficient (Wildman–Crippen LogP) is 4.85. The summed E-state index contributed by atoms with van der Waals surface area (Å²) in [5.41, 5.74) is 9.90. The Kier molecular flexibility index (Phi) is 4.29. The molecule has 0 unspecified atom stereocenters. The lowest BCUT2D eigenvalue weighted by Crippen LogP contribution is -2.04. The highest BCUT2D eigenvalue weighted by Crippen LogP contribution is 2.33. The summed E-state index contributed by atoms with van der Waals surface area (Å²) < 4.78 is 16.1. The van der Waals surface area contributed by atoms with E-state index in [-0.39, 0.29) is 11.5 Å². The van der Waals surface area contributed by atoms with Gasteiger partial charge >= 0.3 is 0 Å². The summed E-state index contributed by atoms with van der Waals surface area (Å²) in [6, 6.07) is 12.7. The largest absolute Gasteiger partial charge is 0.382 e. The van der Waals surface area contributed by atoms with Gasteiger partial charge in [-0.2, -0.15) is 4.68 Å². The summed E-state index contributed by atoms with van der Waals surface area (Å²) in [5.74, 6) is -0.195. The minimum absolute atomic E-state index is 0.236. The van der Waals surface area contributed by atoms with Crippen molar-refractivity contribution in [2.75, 3.05) is 5.73 Å². The van der Waals surface area contributed by atoms with Crippen LogP contribution < -0.4 is 5.73 Å². The molecule has 0 aliphatic carbocycles. The zero-order valence-corrected chi connectivity index (χ0v) is 16.1. The first-order valence-corrected chi connectivity index (χ1v) is 9.40. The highest BCUT2D eigenvalue weighted by Gasteiger charge is 2.19. The molecule has 5 nitrogen and oxygen atoms in total. The second-order valence-corrected chi connectivity index (χ2v) is 7.46. The van der Waals surface area contributed by atoms with Gasteiger partial charge in [-0.05, 0) is 30.7 Å². The van der Waals surface area contributed by atoms with Crippen LogP contribution in [0.25, 0.3) is 27.6 Å². The maximum absolute atomic E-state index is 14.2. The Balaban J connectivity index is 1.75. The van der Waals surface area contributed by atoms with Crippen molar-refractivity contribution < 1.29 is 4.39 Å². The van der Waals surface area contributed by atoms with E-state index in [0.717, 1.165) is 16.8 Å². The molecule has 2 aromatic heterocycles. The third kappa shape index (κ3) is 2.91. The average molecular weight is 430 g/mol. The lowest BCUT2D eigenvalue weighted by atomic mass is 10.1. The number of aromatic nitrogens is 4. The number of aryl methyl sites for hydroxylation is 1. The fourth-order valence-corrected chi connectivity index (χ4v) is 3.78. The molecule has 0 saturated carbocycles. The molecule has 4 rings (SSSR count). The molecule has 2 N–H and O–H groups in total. The van der Waals surface area contributed by atoms with Crippen LogP contribution in [-0.2, 0) is 0 Å². The van der Waals surface area contributed by atoms with Gasteiger partial charge in [-0.25, -0.2) is 9.37 Å². The fourth-order valence-electron chi connectivity index (χ4n) is 2.64. The monoisotopic (exact) mass is 429 g/mol. The minimum atomic E-state index is -0.442. The van der Waals surface area contributed by atoms with Gasteiger partial charge in [0.2, 0.25) is 0 Å². The van der Waals surface area contributed by atoms with Gasteiger partial charge < -0.3 is 5.73 Å². The number of nitrogens with two attached hydrogens (primary N) is 1. The Morgan fingerprint density at radius 2 is 2.00 bits per heavy atom. The zero-order chi connectivity index (χ0) is 18.3. The molecule has 0 aliphatic heterocycles. The predicted molar refractivity (Wildman–Crippen MR) is 105 cm³/mol. The number of benzene rings is 2. The van der Waals surface area contributed by atoms with E-state index in [0.29, 0.717) is 15.2 Å². The highest BCUT2D eigenvalue weighted by atomic mass is 79.9. The van der Waals surface area contributed by atoms with Gasteiger partial charge in [-0.3, -0.25) is 0 Å². The highest BCUT2D eigenvalue weighted by molar-refractivity contribution is 9.10. The van der Waals surface area contributed by atoms with Crippen molar-refractivity contribution in [2.45, 2.75) is 6.92 Å². The van der Waals surface area contributed by atoms with Crippen LogP contribution in [0.15, 0.2) is 52.3 Å². The molecule has 0 spiro atoms. The zero-order valence-electron chi connectivity index (χ0n) is 13.6. The van der Waals surface area contributed by atoms with E-state index in [1.807, 2.05) is 36.6 Å². The van der Waals surface area contributed by atoms with E-state index >= 15 is 0 Å². The lowest BCUT2D eigenvalue weighted by Gasteiger charge is -2.04. The van der Waals surface area contributed by atoms with E-state index < -0.39 is 5.82 Å². The Labute approximate surface area is 161 Å². The topological polar surface area (TPSA) is 69.6 Å². The van der Waals surface area contributed by atoms with Crippen LogP contribution in [0.5, 0.6) is 0 Å². The summed E-state index contributed by atoms with van der Waals surface area (Å²) in [7, 11) is 0. The van der Waals surface area contributed by atoms with E-state index in [1.54, 1.807) is 12.1 Å². The third-order valence-electron chi connectivity index (χ3n) is 3.97. The van der Waals surface area contributed by atoms with Gasteiger partial charge in [0.05, 0.1) is 5.69 Å². The van der Waals surface area contributed by atoms with Gasteiger partial charge in [0.25, 0.3) is 0 Å². The van der Waals surface area contributed by atoms with E-state index in [9.17, 15) is 4.39 Å². The normalized spacial score (nSPS) is 11.0. The Morgan fingerprint density at radius 1 is 1.19 bits per heavy atom. The molecule has 0 radical (unpaired) electrons. The Bertz CT molecular complexity index is 1100. The number of rotatable bonds is 3. The van der Waals surface area contributed by atoms with Crippen LogP contribution in [0.1, 0.15) is 5.56 Å². The molecule has 0 amide bonds. The molecule has 0 saturated heterocycles. The molecule has 130 valence electrons. The number of thiazole rings is 1. The maximum Gasteiger partial charge on any atom is 0.165 e. The number of halogens is 2. The van der Waals surface area contributed by atoms with Crippen molar-refractivity contribution in [2.24, 2.45) is 0 Å². The molecular formula is C18H13BrFN5S. The smallest absolute Gasteiger partial charge is 0.165 e. The first kappa shape index (κ1) is 16.9. The van der Waals surface area contributed by atoms with Gasteiger partial charge in [-0.15, -0.1) is 16.4 Å². The standard InChI is InChI=1S/C18H13BrFN5S/c1-10-4-2-3-5-12(10)14-9-26-18(22-14)16-17(21)25(24-23-16)15-7-6-11(19)8-13(15)20/h2-9H,21H2,1H3. The van der Waals surface area contributed by atoms with Crippen molar-refractivity contribution in [1.29, 1.82) is 0 Å². The molecule has 26 heavy (non-hydrogen) atoms. The summed E-state index contributed by atoms with van der Waals surface area (Å²) in [6.45, 7) is 2.04. The molecule has 2 heterocycles. The lowest BCUT2D eigenvalue weighted by molar-refractivity contribution is 0.607. The molecular weight excluding hydrogens is 417 g/mol. The molecule has 0 bridgehead atoms. The second kappa shape index (κ2) is 6.62. The molecule has 0 atom stereocenters. The van der Waals surface area contributed by atoms with Crippen LogP contribution >= 0.6 is 27.3 Å². The summed E-state index contributed by atoms with van der Waals surface area (Å²) in [4.78, 5) is 4.64. The van der Waals surface area contributed by atoms with E-state index in [4.69, 9.17) is 5.73 Å². The average Bonchev–Trinajstić information content (AvgIpc) is 3.22. The molecule has 4 aromatic rings. The first-order valence-electron chi connectivity index (χ1n) is 7.73. The van der Waals surface area contributed by atoms with Crippen LogP contribution in [0.3, 0.4) is 0 Å². The van der Waals surface area contributed by atoms with Gasteiger partial charge in [0, 0.05) is 15.4 Å². The van der Waals surface area contributed by atoms with Crippen LogP contribution in [0.4, 0.5) is 10.2 Å². The van der Waals surface area contributed by atoms with Crippen LogP contribution in [-0.4, -0.2) is 20.0 Å². The molecule has 0 aliphatic rings. The van der Waals surface area contributed by atoms with Crippen molar-refractivity contribution >= 4 is 33.1 Å². The number of anilines is 1. The first-order chi connectivity index (χ1) is 12.5. The van der Waals surface area contributed by atoms with E-state index in [1.165, 1.54) is 22.1 Å². The van der Waals surface area contributed by atoms with Crippen molar-refractivity contribution in [3.05, 3.63) is 63.7 Å². The Hall–Kier alpha value is -2.58. The van der Waals surface area contributed by atoms with Crippen LogP contribution in [0.2, 0.25) is 0 Å². The van der Waals surface area contributed by atoms with Gasteiger partial charge in [0.15, 0.2) is 11.5 Å². The maximum atomic E-state index is 14.2. The van der Waals surface area contributed by atoms with Crippen molar-refractivity contribution in [3.63, 3.8) is 0 Å². The van der Waals surface area contributed by atoms with E-state index in [2.05, 4.69) is 31.2 Å². The summed E-state index contributed by atoms with van der Waals surface area (Å²) >= 11 is 4.66. The van der Waals surface area contributed by atoms with Crippen LogP contribution in [0, 0.1) is 12.7 Å². The molecule has 2 aromatic carbocycles. The number of hydrogen-bond acceptors (Lipinski definition) is 5. The van der Waals surface area contributed by atoms with Gasteiger partial charge in [-0.1, -0.05) is 45.4 Å². The third-order valence-corrected chi connectivity index (χ3v) is 5.31. The quantitative estimate of drug-likeness (QED) is 0.505. The summed E-state index contributed by atoms with van der Waals surface area (Å²) in [6.07, 6.45) is 0. The molecule has 0 fully saturated rings. The minimum Gasteiger partial charge on any atom is -0.382 e.